The molecule has 0 bridgehead atoms. The van der Waals surface area contributed by atoms with Gasteiger partial charge in [0.1, 0.15) is 0 Å². The van der Waals surface area contributed by atoms with E-state index in [1.807, 2.05) is 19.9 Å². The molecule has 132 valence electrons. The molecule has 0 fully saturated rings. The second-order valence-electron chi connectivity index (χ2n) is 5.35. The van der Waals surface area contributed by atoms with E-state index in [1.54, 1.807) is 18.2 Å². The standard InChI is InChI=1S/C18H19BrN2O3S/c1-11-8-16(12(2)7-14(11)19)25-10-17(22)21-20-9-13-5-4-6-15(24-3)18(13)23/h4-9,23H,10H2,1-3H3,(H,21,22). The van der Waals surface area contributed by atoms with Crippen molar-refractivity contribution < 1.29 is 14.6 Å². The largest absolute Gasteiger partial charge is 0.504 e. The van der Waals surface area contributed by atoms with Crippen molar-refractivity contribution in [1.82, 2.24) is 5.43 Å². The maximum Gasteiger partial charge on any atom is 0.250 e. The predicted octanol–water partition coefficient (Wildman–Crippen LogP) is 4.02. The summed E-state index contributed by atoms with van der Waals surface area (Å²) in [4.78, 5) is 13.0. The number of phenolic OH excluding ortho intramolecular Hbond substituents is 1. The van der Waals surface area contributed by atoms with Crippen LogP contribution < -0.4 is 10.2 Å². The van der Waals surface area contributed by atoms with Crippen molar-refractivity contribution in [3.63, 3.8) is 0 Å². The number of rotatable bonds is 6. The summed E-state index contributed by atoms with van der Waals surface area (Å²) in [5.41, 5.74) is 5.16. The van der Waals surface area contributed by atoms with Crippen molar-refractivity contribution in [3.05, 3.63) is 51.5 Å². The molecule has 0 radical (unpaired) electrons. The Morgan fingerprint density at radius 1 is 1.36 bits per heavy atom. The summed E-state index contributed by atoms with van der Waals surface area (Å²) >= 11 is 4.95. The van der Waals surface area contributed by atoms with Gasteiger partial charge in [0.2, 0.25) is 5.91 Å². The van der Waals surface area contributed by atoms with Crippen LogP contribution in [0.1, 0.15) is 16.7 Å². The van der Waals surface area contributed by atoms with Crippen molar-refractivity contribution in [2.45, 2.75) is 18.7 Å². The molecule has 0 heterocycles. The molecule has 0 saturated heterocycles. The number of hydrogen-bond acceptors (Lipinski definition) is 5. The van der Waals surface area contributed by atoms with Gasteiger partial charge in [0, 0.05) is 14.9 Å². The first kappa shape index (κ1) is 19.3. The Bertz CT molecular complexity index is 809. The second kappa shape index (κ2) is 8.92. The summed E-state index contributed by atoms with van der Waals surface area (Å²) < 4.78 is 6.08. The summed E-state index contributed by atoms with van der Waals surface area (Å²) in [6.07, 6.45) is 1.38. The molecule has 2 aromatic rings. The molecule has 0 aliphatic carbocycles. The Kier molecular flexibility index (Phi) is 6.90. The molecule has 1 amide bonds. The van der Waals surface area contributed by atoms with E-state index in [1.165, 1.54) is 25.1 Å². The van der Waals surface area contributed by atoms with Gasteiger partial charge in [-0.3, -0.25) is 4.79 Å². The molecule has 0 atom stereocenters. The number of carbonyl (C=O) groups excluding carboxylic acids is 1. The number of carbonyl (C=O) groups is 1. The van der Waals surface area contributed by atoms with Crippen molar-refractivity contribution in [1.29, 1.82) is 0 Å². The molecule has 0 spiro atoms. The van der Waals surface area contributed by atoms with Gasteiger partial charge in [-0.25, -0.2) is 5.43 Å². The molecule has 7 heteroatoms. The Morgan fingerprint density at radius 3 is 2.84 bits per heavy atom. The number of hydrazone groups is 1. The summed E-state index contributed by atoms with van der Waals surface area (Å²) in [6.45, 7) is 4.02. The van der Waals surface area contributed by atoms with Crippen molar-refractivity contribution in [2.24, 2.45) is 5.10 Å². The van der Waals surface area contributed by atoms with Gasteiger partial charge in [0.05, 0.1) is 19.1 Å². The van der Waals surface area contributed by atoms with E-state index in [0.717, 1.165) is 20.5 Å². The van der Waals surface area contributed by atoms with Gasteiger partial charge < -0.3 is 9.84 Å². The Balaban J connectivity index is 1.92. The molecular formula is C18H19BrN2O3S. The average Bonchev–Trinajstić information content (AvgIpc) is 2.58. The van der Waals surface area contributed by atoms with E-state index in [-0.39, 0.29) is 17.4 Å². The number of nitrogens with one attached hydrogen (secondary N) is 1. The number of amides is 1. The fourth-order valence-electron chi connectivity index (χ4n) is 2.07. The normalized spacial score (nSPS) is 10.9. The molecule has 2 N–H and O–H groups in total. The number of aryl methyl sites for hydroxylation is 2. The lowest BCUT2D eigenvalue weighted by Crippen LogP contribution is -2.19. The van der Waals surface area contributed by atoms with Crippen molar-refractivity contribution >= 4 is 39.8 Å². The van der Waals surface area contributed by atoms with Crippen LogP contribution in [0, 0.1) is 13.8 Å². The highest BCUT2D eigenvalue weighted by molar-refractivity contribution is 9.10. The molecular weight excluding hydrogens is 404 g/mol. The molecule has 0 saturated carbocycles. The molecule has 0 aliphatic heterocycles. The summed E-state index contributed by atoms with van der Waals surface area (Å²) in [5.74, 6) is 0.373. The minimum atomic E-state index is -0.219. The first-order valence-corrected chi connectivity index (χ1v) is 9.27. The maximum atomic E-state index is 11.9. The highest BCUT2D eigenvalue weighted by Crippen LogP contribution is 2.29. The quantitative estimate of drug-likeness (QED) is 0.418. The van der Waals surface area contributed by atoms with E-state index in [2.05, 4.69) is 32.5 Å². The zero-order valence-corrected chi connectivity index (χ0v) is 16.6. The van der Waals surface area contributed by atoms with Gasteiger partial charge in [0.25, 0.3) is 0 Å². The molecule has 2 aromatic carbocycles. The smallest absolute Gasteiger partial charge is 0.250 e. The number of halogens is 1. The third kappa shape index (κ3) is 5.24. The number of aromatic hydroxyl groups is 1. The third-order valence-corrected chi connectivity index (χ3v) is 5.47. The first-order chi connectivity index (χ1) is 11.9. The van der Waals surface area contributed by atoms with Gasteiger partial charge in [-0.05, 0) is 49.2 Å². The van der Waals surface area contributed by atoms with Crippen LogP contribution in [0.5, 0.6) is 11.5 Å². The van der Waals surface area contributed by atoms with Crippen LogP contribution in [0.2, 0.25) is 0 Å². The van der Waals surface area contributed by atoms with Gasteiger partial charge >= 0.3 is 0 Å². The number of para-hydroxylation sites is 1. The Morgan fingerprint density at radius 2 is 2.12 bits per heavy atom. The molecule has 0 aromatic heterocycles. The lowest BCUT2D eigenvalue weighted by Gasteiger charge is -2.08. The molecule has 0 unspecified atom stereocenters. The van der Waals surface area contributed by atoms with E-state index in [4.69, 9.17) is 4.74 Å². The SMILES string of the molecule is COc1cccc(C=NNC(=O)CSc2cc(C)c(Br)cc2C)c1O. The van der Waals surface area contributed by atoms with E-state index < -0.39 is 0 Å². The summed E-state index contributed by atoms with van der Waals surface area (Å²) in [7, 11) is 1.47. The van der Waals surface area contributed by atoms with E-state index >= 15 is 0 Å². The summed E-state index contributed by atoms with van der Waals surface area (Å²) in [5, 5.41) is 13.8. The average molecular weight is 423 g/mol. The van der Waals surface area contributed by atoms with E-state index in [0.29, 0.717) is 11.3 Å². The maximum absolute atomic E-state index is 11.9. The zero-order valence-electron chi connectivity index (χ0n) is 14.2. The van der Waals surface area contributed by atoms with Gasteiger partial charge in [-0.1, -0.05) is 22.0 Å². The highest BCUT2D eigenvalue weighted by atomic mass is 79.9. The fourth-order valence-corrected chi connectivity index (χ4v) is 3.42. The second-order valence-corrected chi connectivity index (χ2v) is 7.22. The Labute approximate surface area is 159 Å². The topological polar surface area (TPSA) is 70.9 Å². The van der Waals surface area contributed by atoms with Crippen LogP contribution in [0.25, 0.3) is 0 Å². The number of methoxy groups -OCH3 is 1. The van der Waals surface area contributed by atoms with Crippen LogP contribution >= 0.6 is 27.7 Å². The van der Waals surface area contributed by atoms with Crippen molar-refractivity contribution in [3.8, 4) is 11.5 Å². The van der Waals surface area contributed by atoms with Crippen LogP contribution in [0.15, 0.2) is 44.8 Å². The highest BCUT2D eigenvalue weighted by Gasteiger charge is 2.07. The number of nitrogens with zero attached hydrogens (tertiary/aromatic N) is 1. The van der Waals surface area contributed by atoms with Gasteiger partial charge in [-0.15, -0.1) is 11.8 Å². The predicted molar refractivity (Wildman–Crippen MR) is 105 cm³/mol. The lowest BCUT2D eigenvalue weighted by atomic mass is 10.2. The monoisotopic (exact) mass is 422 g/mol. The Hall–Kier alpha value is -1.99. The summed E-state index contributed by atoms with van der Waals surface area (Å²) in [6, 6.07) is 9.14. The molecule has 5 nitrogen and oxygen atoms in total. The van der Waals surface area contributed by atoms with Crippen LogP contribution in [0.3, 0.4) is 0 Å². The van der Waals surface area contributed by atoms with E-state index in [9.17, 15) is 9.90 Å². The minimum Gasteiger partial charge on any atom is -0.504 e. The molecule has 25 heavy (non-hydrogen) atoms. The van der Waals surface area contributed by atoms with Crippen LogP contribution in [0.4, 0.5) is 0 Å². The number of hydrogen-bond donors (Lipinski definition) is 2. The van der Waals surface area contributed by atoms with Crippen LogP contribution in [-0.2, 0) is 4.79 Å². The number of benzene rings is 2. The molecule has 2 rings (SSSR count). The van der Waals surface area contributed by atoms with Crippen LogP contribution in [-0.4, -0.2) is 30.1 Å². The first-order valence-electron chi connectivity index (χ1n) is 7.49. The fraction of sp³-hybridized carbons (Fsp3) is 0.222. The third-order valence-electron chi connectivity index (χ3n) is 3.46. The minimum absolute atomic E-state index is 0.0154. The van der Waals surface area contributed by atoms with Crippen molar-refractivity contribution in [2.75, 3.05) is 12.9 Å². The zero-order chi connectivity index (χ0) is 18.4. The lowest BCUT2D eigenvalue weighted by molar-refractivity contribution is -0.118. The number of thioether (sulfide) groups is 1. The number of phenols is 1. The van der Waals surface area contributed by atoms with Gasteiger partial charge in [0.15, 0.2) is 11.5 Å². The number of ether oxygens (including phenoxy) is 1. The van der Waals surface area contributed by atoms with Gasteiger partial charge in [-0.2, -0.15) is 5.10 Å². The molecule has 0 aliphatic rings.